The molecule has 0 amide bonds. The number of benzene rings is 1. The second-order valence-electron chi connectivity index (χ2n) is 5.47. The maximum absolute atomic E-state index is 5.69. The quantitative estimate of drug-likeness (QED) is 0.738. The number of hydrogen-bond donors (Lipinski definition) is 0. The van der Waals surface area contributed by atoms with Crippen molar-refractivity contribution in [2.75, 3.05) is 19.8 Å². The molecule has 0 aliphatic carbocycles. The lowest BCUT2D eigenvalue weighted by molar-refractivity contribution is -0.221. The van der Waals surface area contributed by atoms with Crippen molar-refractivity contribution in [1.82, 2.24) is 0 Å². The monoisotopic (exact) mass is 264 g/mol. The van der Waals surface area contributed by atoms with Crippen molar-refractivity contribution < 1.29 is 14.2 Å². The van der Waals surface area contributed by atoms with Crippen LogP contribution in [-0.4, -0.2) is 26.1 Å². The van der Waals surface area contributed by atoms with E-state index in [1.54, 1.807) is 0 Å². The summed E-state index contributed by atoms with van der Waals surface area (Å²) in [6.07, 6.45) is 0.971. The lowest BCUT2D eigenvalue weighted by Gasteiger charge is -2.31. The Labute approximate surface area is 115 Å². The summed E-state index contributed by atoms with van der Waals surface area (Å²) in [6, 6.07) is 10.3. The molecule has 2 rings (SSSR count). The number of rotatable bonds is 6. The molecule has 1 aromatic rings. The van der Waals surface area contributed by atoms with Crippen molar-refractivity contribution >= 4 is 0 Å². The summed E-state index contributed by atoms with van der Waals surface area (Å²) in [5.74, 6) is 0.890. The van der Waals surface area contributed by atoms with Gasteiger partial charge in [-0.1, -0.05) is 44.2 Å². The molecule has 3 heteroatoms. The lowest BCUT2D eigenvalue weighted by Crippen LogP contribution is -2.35. The average molecular weight is 264 g/mol. The molecule has 1 aromatic carbocycles. The van der Waals surface area contributed by atoms with Crippen LogP contribution in [0, 0.1) is 11.8 Å². The molecule has 0 N–H and O–H groups in total. The van der Waals surface area contributed by atoms with Gasteiger partial charge in [0.1, 0.15) is 0 Å². The summed E-state index contributed by atoms with van der Waals surface area (Å²) >= 11 is 0. The molecular formula is C16H24O3. The van der Waals surface area contributed by atoms with Crippen molar-refractivity contribution in [3.05, 3.63) is 35.9 Å². The Balaban J connectivity index is 1.57. The van der Waals surface area contributed by atoms with Crippen molar-refractivity contribution in [1.29, 1.82) is 0 Å². The molecule has 1 fully saturated rings. The molecule has 0 spiro atoms. The van der Waals surface area contributed by atoms with Gasteiger partial charge in [0.05, 0.1) is 19.8 Å². The zero-order valence-electron chi connectivity index (χ0n) is 11.9. The minimum Gasteiger partial charge on any atom is -0.377 e. The Bertz CT molecular complexity index is 342. The van der Waals surface area contributed by atoms with E-state index in [4.69, 9.17) is 14.2 Å². The zero-order valence-corrected chi connectivity index (χ0v) is 11.9. The van der Waals surface area contributed by atoms with Gasteiger partial charge in [-0.2, -0.15) is 0 Å². The molecule has 19 heavy (non-hydrogen) atoms. The number of ether oxygens (including phenoxy) is 3. The molecule has 1 heterocycles. The molecule has 106 valence electrons. The lowest BCUT2D eigenvalue weighted by atomic mass is 10.1. The summed E-state index contributed by atoms with van der Waals surface area (Å²) < 4.78 is 17.1. The van der Waals surface area contributed by atoms with Gasteiger partial charge in [0, 0.05) is 18.4 Å². The van der Waals surface area contributed by atoms with Gasteiger partial charge in [-0.15, -0.1) is 0 Å². The van der Waals surface area contributed by atoms with Crippen molar-refractivity contribution in [2.45, 2.75) is 33.2 Å². The summed E-state index contributed by atoms with van der Waals surface area (Å²) in [7, 11) is 0. The average Bonchev–Trinajstić information content (AvgIpc) is 2.45. The van der Waals surface area contributed by atoms with E-state index < -0.39 is 0 Å². The fraction of sp³-hybridized carbons (Fsp3) is 0.625. The Morgan fingerprint density at radius 3 is 2.47 bits per heavy atom. The van der Waals surface area contributed by atoms with Crippen LogP contribution in [0.25, 0.3) is 0 Å². The molecule has 1 saturated heterocycles. The molecule has 0 aromatic heterocycles. The number of hydrogen-bond acceptors (Lipinski definition) is 3. The van der Waals surface area contributed by atoms with Crippen LogP contribution in [0.2, 0.25) is 0 Å². The molecule has 0 radical (unpaired) electrons. The van der Waals surface area contributed by atoms with Gasteiger partial charge in [0.25, 0.3) is 0 Å². The largest absolute Gasteiger partial charge is 0.377 e. The van der Waals surface area contributed by atoms with Crippen LogP contribution in [0.1, 0.15) is 25.8 Å². The van der Waals surface area contributed by atoms with Crippen molar-refractivity contribution in [3.8, 4) is 0 Å². The van der Waals surface area contributed by atoms with Crippen LogP contribution in [0.3, 0.4) is 0 Å². The van der Waals surface area contributed by atoms with E-state index in [0.717, 1.165) is 26.2 Å². The Kier molecular flexibility index (Phi) is 5.83. The van der Waals surface area contributed by atoms with Crippen molar-refractivity contribution in [3.63, 3.8) is 0 Å². The normalized spacial score (nSPS) is 23.7. The first-order chi connectivity index (χ1) is 9.25. The van der Waals surface area contributed by atoms with Crippen LogP contribution >= 0.6 is 0 Å². The molecule has 0 unspecified atom stereocenters. The Hall–Kier alpha value is -0.900. The predicted molar refractivity (Wildman–Crippen MR) is 74.7 cm³/mol. The van der Waals surface area contributed by atoms with E-state index in [0.29, 0.717) is 18.4 Å². The molecule has 1 aliphatic rings. The molecule has 0 atom stereocenters. The van der Waals surface area contributed by atoms with E-state index in [1.165, 1.54) is 5.56 Å². The molecule has 0 bridgehead atoms. The van der Waals surface area contributed by atoms with Gasteiger partial charge >= 0.3 is 0 Å². The fourth-order valence-electron chi connectivity index (χ4n) is 2.12. The maximum atomic E-state index is 5.69. The van der Waals surface area contributed by atoms with Gasteiger partial charge in [-0.05, 0) is 12.0 Å². The minimum absolute atomic E-state index is 0.0264. The van der Waals surface area contributed by atoms with Crippen LogP contribution in [0.4, 0.5) is 0 Å². The van der Waals surface area contributed by atoms with Gasteiger partial charge in [0.15, 0.2) is 6.29 Å². The second kappa shape index (κ2) is 7.63. The summed E-state index contributed by atoms with van der Waals surface area (Å²) in [5.41, 5.74) is 1.22. The molecule has 3 nitrogen and oxygen atoms in total. The summed E-state index contributed by atoms with van der Waals surface area (Å²) in [6.45, 7) is 7.26. The minimum atomic E-state index is -0.0264. The van der Waals surface area contributed by atoms with Gasteiger partial charge in [-0.25, -0.2) is 0 Å². The first-order valence-electron chi connectivity index (χ1n) is 7.10. The van der Waals surface area contributed by atoms with Crippen LogP contribution in [0.5, 0.6) is 0 Å². The van der Waals surface area contributed by atoms with E-state index in [1.807, 2.05) is 18.2 Å². The first kappa shape index (κ1) is 14.5. The van der Waals surface area contributed by atoms with Crippen LogP contribution < -0.4 is 0 Å². The third-order valence-electron chi connectivity index (χ3n) is 3.32. The summed E-state index contributed by atoms with van der Waals surface area (Å²) in [4.78, 5) is 0. The highest BCUT2D eigenvalue weighted by molar-refractivity contribution is 5.13. The highest BCUT2D eigenvalue weighted by Crippen LogP contribution is 2.19. The smallest absolute Gasteiger partial charge is 0.159 e. The van der Waals surface area contributed by atoms with E-state index in [-0.39, 0.29) is 6.29 Å². The Morgan fingerprint density at radius 1 is 1.16 bits per heavy atom. The third kappa shape index (κ3) is 4.94. The second-order valence-corrected chi connectivity index (χ2v) is 5.47. The first-order valence-corrected chi connectivity index (χ1v) is 7.10. The third-order valence-corrected chi connectivity index (χ3v) is 3.32. The van der Waals surface area contributed by atoms with Gasteiger partial charge in [0.2, 0.25) is 0 Å². The van der Waals surface area contributed by atoms with Crippen LogP contribution in [-0.2, 0) is 20.8 Å². The zero-order chi connectivity index (χ0) is 13.5. The topological polar surface area (TPSA) is 27.7 Å². The van der Waals surface area contributed by atoms with E-state index >= 15 is 0 Å². The van der Waals surface area contributed by atoms with Crippen molar-refractivity contribution in [2.24, 2.45) is 11.8 Å². The summed E-state index contributed by atoms with van der Waals surface area (Å²) in [5, 5.41) is 0. The van der Waals surface area contributed by atoms with E-state index in [9.17, 15) is 0 Å². The van der Waals surface area contributed by atoms with E-state index in [2.05, 4.69) is 26.0 Å². The molecule has 1 aliphatic heterocycles. The molecule has 0 saturated carbocycles. The van der Waals surface area contributed by atoms with Crippen LogP contribution in [0.15, 0.2) is 30.3 Å². The maximum Gasteiger partial charge on any atom is 0.159 e. The SMILES string of the molecule is CC(C)C1OCC(CCOCc2ccccc2)CO1. The van der Waals surface area contributed by atoms with Gasteiger partial charge < -0.3 is 14.2 Å². The standard InChI is InChI=1S/C16H24O3/c1-13(2)16-18-11-15(12-19-16)8-9-17-10-14-6-4-3-5-7-14/h3-7,13,15-16H,8-12H2,1-2H3. The molecular weight excluding hydrogens is 240 g/mol. The fourth-order valence-corrected chi connectivity index (χ4v) is 2.12. The highest BCUT2D eigenvalue weighted by atomic mass is 16.7. The Morgan fingerprint density at radius 2 is 1.84 bits per heavy atom. The van der Waals surface area contributed by atoms with Gasteiger partial charge in [-0.3, -0.25) is 0 Å². The highest BCUT2D eigenvalue weighted by Gasteiger charge is 2.24. The predicted octanol–water partition coefficient (Wildman–Crippen LogP) is 3.24.